The van der Waals surface area contributed by atoms with Gasteiger partial charge in [0.15, 0.2) is 0 Å². The maximum absolute atomic E-state index is 8.99. The first-order valence-electron chi connectivity index (χ1n) is 7.02. The fraction of sp³-hybridized carbons (Fsp3) is 0.235. The minimum atomic E-state index is 0.709. The van der Waals surface area contributed by atoms with Gasteiger partial charge in [-0.3, -0.25) is 0 Å². The molecule has 0 amide bonds. The van der Waals surface area contributed by atoms with Gasteiger partial charge in [0.25, 0.3) is 0 Å². The summed E-state index contributed by atoms with van der Waals surface area (Å²) in [5, 5.41) is 9.79. The SMILES string of the molecule is N#Cc1cccc(N2CCN(c3ccccc3Cl)CC2)c1. The van der Waals surface area contributed by atoms with E-state index in [-0.39, 0.29) is 0 Å². The molecule has 21 heavy (non-hydrogen) atoms. The Labute approximate surface area is 130 Å². The summed E-state index contributed by atoms with van der Waals surface area (Å²) in [6.07, 6.45) is 0. The van der Waals surface area contributed by atoms with Gasteiger partial charge in [0.2, 0.25) is 0 Å². The van der Waals surface area contributed by atoms with Gasteiger partial charge >= 0.3 is 0 Å². The molecule has 0 unspecified atom stereocenters. The smallest absolute Gasteiger partial charge is 0.0992 e. The van der Waals surface area contributed by atoms with Gasteiger partial charge in [0.1, 0.15) is 0 Å². The lowest BCUT2D eigenvalue weighted by Gasteiger charge is -2.37. The zero-order valence-electron chi connectivity index (χ0n) is 11.7. The average Bonchev–Trinajstić information content (AvgIpc) is 2.56. The second-order valence-corrected chi connectivity index (χ2v) is 5.49. The van der Waals surface area contributed by atoms with E-state index >= 15 is 0 Å². The van der Waals surface area contributed by atoms with Crippen LogP contribution in [0.2, 0.25) is 5.02 Å². The molecule has 0 saturated carbocycles. The molecule has 1 fully saturated rings. The Balaban J connectivity index is 1.71. The number of piperazine rings is 1. The largest absolute Gasteiger partial charge is 0.368 e. The summed E-state index contributed by atoms with van der Waals surface area (Å²) in [5.74, 6) is 0. The number of nitrogens with zero attached hydrogens (tertiary/aromatic N) is 3. The van der Waals surface area contributed by atoms with Crippen LogP contribution in [0.4, 0.5) is 11.4 Å². The van der Waals surface area contributed by atoms with Crippen molar-refractivity contribution >= 4 is 23.0 Å². The van der Waals surface area contributed by atoms with Crippen LogP contribution in [-0.2, 0) is 0 Å². The van der Waals surface area contributed by atoms with Crippen LogP contribution >= 0.6 is 11.6 Å². The first-order valence-corrected chi connectivity index (χ1v) is 7.40. The summed E-state index contributed by atoms with van der Waals surface area (Å²) in [6, 6.07) is 17.9. The highest BCUT2D eigenvalue weighted by atomic mass is 35.5. The number of hydrogen-bond acceptors (Lipinski definition) is 3. The third-order valence-corrected chi connectivity index (χ3v) is 4.13. The van der Waals surface area contributed by atoms with E-state index in [0.29, 0.717) is 5.56 Å². The fourth-order valence-corrected chi connectivity index (χ4v) is 2.94. The molecule has 0 spiro atoms. The molecule has 0 radical (unpaired) electrons. The Morgan fingerprint density at radius 2 is 1.62 bits per heavy atom. The normalized spacial score (nSPS) is 14.9. The molecule has 1 aliphatic rings. The maximum Gasteiger partial charge on any atom is 0.0992 e. The lowest BCUT2D eigenvalue weighted by molar-refractivity contribution is 0.653. The second-order valence-electron chi connectivity index (χ2n) is 5.09. The van der Waals surface area contributed by atoms with E-state index in [1.807, 2.05) is 36.4 Å². The molecule has 2 aromatic rings. The Morgan fingerprint density at radius 1 is 0.905 bits per heavy atom. The van der Waals surface area contributed by atoms with Crippen LogP contribution in [0.25, 0.3) is 0 Å². The van der Waals surface area contributed by atoms with Gasteiger partial charge in [0.05, 0.1) is 22.3 Å². The van der Waals surface area contributed by atoms with Crippen molar-refractivity contribution in [2.45, 2.75) is 0 Å². The summed E-state index contributed by atoms with van der Waals surface area (Å²) in [6.45, 7) is 3.72. The molecule has 1 aliphatic heterocycles. The van der Waals surface area contributed by atoms with E-state index in [4.69, 9.17) is 16.9 Å². The quantitative estimate of drug-likeness (QED) is 0.849. The van der Waals surface area contributed by atoms with Crippen LogP contribution in [0.5, 0.6) is 0 Å². The zero-order valence-corrected chi connectivity index (χ0v) is 12.4. The van der Waals surface area contributed by atoms with Gasteiger partial charge in [-0.15, -0.1) is 0 Å². The number of benzene rings is 2. The average molecular weight is 298 g/mol. The molecule has 0 bridgehead atoms. The molecule has 2 aromatic carbocycles. The summed E-state index contributed by atoms with van der Waals surface area (Å²) < 4.78 is 0. The molecular formula is C17H16ClN3. The minimum absolute atomic E-state index is 0.709. The third kappa shape index (κ3) is 2.96. The van der Waals surface area contributed by atoms with E-state index in [0.717, 1.165) is 42.6 Å². The number of para-hydroxylation sites is 1. The predicted octanol–water partition coefficient (Wildman–Crippen LogP) is 3.54. The number of rotatable bonds is 2. The summed E-state index contributed by atoms with van der Waals surface area (Å²) in [7, 11) is 0. The molecule has 0 N–H and O–H groups in total. The summed E-state index contributed by atoms with van der Waals surface area (Å²) in [4.78, 5) is 4.63. The van der Waals surface area contributed by atoms with E-state index in [1.165, 1.54) is 0 Å². The zero-order chi connectivity index (χ0) is 14.7. The molecule has 4 heteroatoms. The fourth-order valence-electron chi connectivity index (χ4n) is 2.69. The van der Waals surface area contributed by atoms with Crippen LogP contribution in [-0.4, -0.2) is 26.2 Å². The van der Waals surface area contributed by atoms with Gasteiger partial charge in [-0.2, -0.15) is 5.26 Å². The Bertz CT molecular complexity index is 670. The molecule has 1 heterocycles. The van der Waals surface area contributed by atoms with Gasteiger partial charge < -0.3 is 9.80 Å². The molecule has 1 saturated heterocycles. The first-order chi connectivity index (χ1) is 10.3. The highest BCUT2D eigenvalue weighted by Crippen LogP contribution is 2.27. The molecule has 0 atom stereocenters. The number of anilines is 2. The molecule has 106 valence electrons. The van der Waals surface area contributed by atoms with Crippen molar-refractivity contribution in [3.8, 4) is 6.07 Å². The van der Waals surface area contributed by atoms with Gasteiger partial charge in [-0.1, -0.05) is 29.8 Å². The minimum Gasteiger partial charge on any atom is -0.368 e. The highest BCUT2D eigenvalue weighted by molar-refractivity contribution is 6.33. The van der Waals surface area contributed by atoms with Crippen LogP contribution in [0, 0.1) is 11.3 Å². The van der Waals surface area contributed by atoms with Crippen LogP contribution in [0.3, 0.4) is 0 Å². The van der Waals surface area contributed by atoms with Gasteiger partial charge in [0, 0.05) is 31.9 Å². The molecule has 3 nitrogen and oxygen atoms in total. The van der Waals surface area contributed by atoms with Crippen molar-refractivity contribution in [1.82, 2.24) is 0 Å². The Kier molecular flexibility index (Phi) is 3.98. The lowest BCUT2D eigenvalue weighted by Crippen LogP contribution is -2.46. The van der Waals surface area contributed by atoms with E-state index < -0.39 is 0 Å². The van der Waals surface area contributed by atoms with Crippen molar-refractivity contribution < 1.29 is 0 Å². The molecule has 0 aromatic heterocycles. The predicted molar refractivity (Wildman–Crippen MR) is 87.0 cm³/mol. The Morgan fingerprint density at radius 3 is 2.33 bits per heavy atom. The topological polar surface area (TPSA) is 30.3 Å². The lowest BCUT2D eigenvalue weighted by atomic mass is 10.1. The number of halogens is 1. The number of hydrogen-bond donors (Lipinski definition) is 0. The Hall–Kier alpha value is -2.18. The third-order valence-electron chi connectivity index (χ3n) is 3.81. The van der Waals surface area contributed by atoms with E-state index in [9.17, 15) is 0 Å². The summed E-state index contributed by atoms with van der Waals surface area (Å²) in [5.41, 5.74) is 2.93. The van der Waals surface area contributed by atoms with Crippen LogP contribution < -0.4 is 9.80 Å². The standard InChI is InChI=1S/C17H16ClN3/c18-16-6-1-2-7-17(16)21-10-8-20(9-11-21)15-5-3-4-14(12-15)13-19/h1-7,12H,8-11H2. The number of nitriles is 1. The first kappa shape index (κ1) is 13.8. The van der Waals surface area contributed by atoms with Crippen molar-refractivity contribution in [2.24, 2.45) is 0 Å². The van der Waals surface area contributed by atoms with E-state index in [2.05, 4.69) is 28.0 Å². The van der Waals surface area contributed by atoms with Crippen LogP contribution in [0.15, 0.2) is 48.5 Å². The van der Waals surface area contributed by atoms with Gasteiger partial charge in [-0.05, 0) is 30.3 Å². The second kappa shape index (κ2) is 6.07. The molecular weight excluding hydrogens is 282 g/mol. The van der Waals surface area contributed by atoms with Gasteiger partial charge in [-0.25, -0.2) is 0 Å². The monoisotopic (exact) mass is 297 g/mol. The van der Waals surface area contributed by atoms with Crippen molar-refractivity contribution in [3.05, 3.63) is 59.1 Å². The highest BCUT2D eigenvalue weighted by Gasteiger charge is 2.19. The van der Waals surface area contributed by atoms with Crippen molar-refractivity contribution in [3.63, 3.8) is 0 Å². The van der Waals surface area contributed by atoms with Crippen molar-refractivity contribution in [2.75, 3.05) is 36.0 Å². The molecule has 3 rings (SSSR count). The molecule has 0 aliphatic carbocycles. The summed E-state index contributed by atoms with van der Waals surface area (Å²) >= 11 is 6.26. The van der Waals surface area contributed by atoms with E-state index in [1.54, 1.807) is 0 Å². The van der Waals surface area contributed by atoms with Crippen LogP contribution in [0.1, 0.15) is 5.56 Å². The van der Waals surface area contributed by atoms with Crippen molar-refractivity contribution in [1.29, 1.82) is 5.26 Å². The maximum atomic E-state index is 8.99.